The number of fused-ring (bicyclic) bond motifs is 5. The topological polar surface area (TPSA) is 95.9 Å². The van der Waals surface area contributed by atoms with Crippen molar-refractivity contribution in [2.45, 2.75) is 62.2 Å². The van der Waals surface area contributed by atoms with Gasteiger partial charge in [0.05, 0.1) is 23.6 Å². The van der Waals surface area contributed by atoms with Crippen molar-refractivity contribution in [2.75, 3.05) is 24.6 Å². The van der Waals surface area contributed by atoms with Gasteiger partial charge in [0.2, 0.25) is 10.0 Å². The molecular weight excluding hydrogens is 560 g/mol. The molecule has 1 unspecified atom stereocenters. The highest BCUT2D eigenvalue weighted by Crippen LogP contribution is 2.69. The molecule has 2 aliphatic heterocycles. The lowest BCUT2D eigenvalue weighted by Gasteiger charge is -2.46. The Hall–Kier alpha value is -2.29. The Morgan fingerprint density at radius 1 is 1.10 bits per heavy atom. The van der Waals surface area contributed by atoms with Gasteiger partial charge in [-0.05, 0) is 122 Å². The van der Waals surface area contributed by atoms with Crippen LogP contribution in [-0.4, -0.2) is 50.5 Å². The summed E-state index contributed by atoms with van der Waals surface area (Å²) in [6.07, 6.45) is 5.50. The number of aryl methyl sites for hydroxylation is 1. The first-order chi connectivity index (χ1) is 19.6. The van der Waals surface area contributed by atoms with Gasteiger partial charge in [0.1, 0.15) is 5.75 Å². The van der Waals surface area contributed by atoms with Gasteiger partial charge in [-0.2, -0.15) is 0 Å². The van der Waals surface area contributed by atoms with E-state index in [0.29, 0.717) is 29.8 Å². The monoisotopic (exact) mass is 596 g/mol. The highest BCUT2D eigenvalue weighted by Gasteiger charge is 2.68. The van der Waals surface area contributed by atoms with Crippen LogP contribution in [0.25, 0.3) is 0 Å². The van der Waals surface area contributed by atoms with Crippen LogP contribution in [0.2, 0.25) is 5.02 Å². The number of carbonyl (C=O) groups is 1. The molecule has 0 saturated heterocycles. The predicted octanol–water partition coefficient (Wildman–Crippen LogP) is 4.54. The molecule has 9 atom stereocenters. The van der Waals surface area contributed by atoms with Gasteiger partial charge in [0.25, 0.3) is 5.91 Å². The minimum absolute atomic E-state index is 0.0123. The van der Waals surface area contributed by atoms with E-state index in [9.17, 15) is 18.3 Å². The molecule has 2 bridgehead atoms. The van der Waals surface area contributed by atoms with Crippen molar-refractivity contribution >= 4 is 33.2 Å². The summed E-state index contributed by atoms with van der Waals surface area (Å²) in [5, 5.41) is 11.6. The summed E-state index contributed by atoms with van der Waals surface area (Å²) in [5.74, 6) is 1.48. The summed E-state index contributed by atoms with van der Waals surface area (Å²) in [6, 6.07) is 11.5. The van der Waals surface area contributed by atoms with E-state index in [1.807, 2.05) is 12.1 Å². The number of sulfonamides is 1. The SMILES string of the molecule is C[C@@H]1[C@@H]2C[C@@H]3C2[C@H]3[C@H](O)[C@@H]2CC[C@H]2CN2C[C@@]3(CCCc4cc(Cl)ccc43)COc3ccc(cc32)C(=O)NS1(=O)=O. The number of amides is 1. The second kappa shape index (κ2) is 9.10. The minimum atomic E-state index is -3.86. The van der Waals surface area contributed by atoms with Crippen LogP contribution in [0.3, 0.4) is 0 Å². The van der Waals surface area contributed by atoms with Gasteiger partial charge in [-0.3, -0.25) is 4.79 Å². The molecule has 0 radical (unpaired) electrons. The van der Waals surface area contributed by atoms with Crippen LogP contribution in [0.15, 0.2) is 36.4 Å². The molecule has 7 nitrogen and oxygen atoms in total. The summed E-state index contributed by atoms with van der Waals surface area (Å²) in [7, 11) is -3.86. The van der Waals surface area contributed by atoms with Crippen LogP contribution in [0, 0.1) is 35.5 Å². The molecule has 2 aromatic rings. The Morgan fingerprint density at radius 2 is 1.95 bits per heavy atom. The molecule has 8 rings (SSSR count). The van der Waals surface area contributed by atoms with Crippen molar-refractivity contribution in [1.82, 2.24) is 4.72 Å². The lowest BCUT2D eigenvalue weighted by Crippen LogP contribution is -2.50. The smallest absolute Gasteiger partial charge is 0.264 e. The third-order valence-corrected chi connectivity index (χ3v) is 13.8. The minimum Gasteiger partial charge on any atom is -0.490 e. The second-order valence-electron chi connectivity index (χ2n) is 13.7. The normalized spacial score (nSPS) is 40.1. The number of halogens is 1. The van der Waals surface area contributed by atoms with Crippen LogP contribution in [0.1, 0.15) is 60.5 Å². The number of aliphatic hydroxyl groups excluding tert-OH is 1. The summed E-state index contributed by atoms with van der Waals surface area (Å²) in [5.41, 5.74) is 3.45. The molecular formula is C32H37ClN2O5S. The number of aliphatic hydroxyl groups is 1. The largest absolute Gasteiger partial charge is 0.490 e. The van der Waals surface area contributed by atoms with Crippen molar-refractivity contribution in [3.63, 3.8) is 0 Å². The standard InChI is InChI=1S/C32H37ClN2O5S/c1-17-23-13-24-28(23)29(24)30(36)22-7-4-20(22)14-35-15-32(10-2-3-18-11-21(33)6-8-25(18)32)16-40-27-9-5-19(12-26(27)35)31(37)34-41(17,38)39/h5-6,8-9,11-12,17,20,22-24,28-30,36H,2-4,7,10,13-16H2,1H3,(H,34,37)/t17-,20+,22-,23+,24-,28?,29+,30-,32+/m1/s1. The Balaban J connectivity index is 1.21. The van der Waals surface area contributed by atoms with Gasteiger partial charge in [0, 0.05) is 29.1 Å². The fraction of sp³-hybridized carbons (Fsp3) is 0.594. The molecule has 4 aliphatic carbocycles. The molecule has 1 spiro atoms. The van der Waals surface area contributed by atoms with Crippen LogP contribution in [0.4, 0.5) is 5.69 Å². The molecule has 2 heterocycles. The summed E-state index contributed by atoms with van der Waals surface area (Å²) >= 11 is 6.39. The quantitative estimate of drug-likeness (QED) is 0.463. The van der Waals surface area contributed by atoms with Crippen molar-refractivity contribution in [3.05, 3.63) is 58.1 Å². The zero-order valence-corrected chi connectivity index (χ0v) is 24.8. The number of hydrogen-bond acceptors (Lipinski definition) is 6. The molecule has 0 aromatic heterocycles. The van der Waals surface area contributed by atoms with E-state index in [2.05, 4.69) is 21.8 Å². The molecule has 3 fully saturated rings. The van der Waals surface area contributed by atoms with E-state index in [1.54, 1.807) is 19.1 Å². The number of rotatable bonds is 0. The Kier molecular flexibility index (Phi) is 5.85. The number of benzene rings is 2. The first kappa shape index (κ1) is 26.3. The maximum Gasteiger partial charge on any atom is 0.264 e. The molecule has 2 aromatic carbocycles. The summed E-state index contributed by atoms with van der Waals surface area (Å²) < 4.78 is 35.5. The lowest BCUT2D eigenvalue weighted by molar-refractivity contribution is -0.00237. The molecule has 9 heteroatoms. The third-order valence-electron chi connectivity index (χ3n) is 11.7. The molecule has 2 N–H and O–H groups in total. The fourth-order valence-electron chi connectivity index (χ4n) is 9.21. The van der Waals surface area contributed by atoms with E-state index in [4.69, 9.17) is 16.3 Å². The van der Waals surface area contributed by atoms with Crippen molar-refractivity contribution in [1.29, 1.82) is 0 Å². The van der Waals surface area contributed by atoms with E-state index in [0.717, 1.165) is 62.3 Å². The molecule has 3 saturated carbocycles. The van der Waals surface area contributed by atoms with Gasteiger partial charge in [-0.1, -0.05) is 17.7 Å². The van der Waals surface area contributed by atoms with Gasteiger partial charge in [-0.25, -0.2) is 13.1 Å². The zero-order chi connectivity index (χ0) is 28.3. The second-order valence-corrected chi connectivity index (χ2v) is 16.2. The van der Waals surface area contributed by atoms with Gasteiger partial charge in [0.15, 0.2) is 0 Å². The maximum atomic E-state index is 13.4. The van der Waals surface area contributed by atoms with Gasteiger partial charge < -0.3 is 14.7 Å². The Morgan fingerprint density at radius 3 is 2.76 bits per heavy atom. The zero-order valence-electron chi connectivity index (χ0n) is 23.3. The average molecular weight is 597 g/mol. The van der Waals surface area contributed by atoms with E-state index < -0.39 is 27.3 Å². The third kappa shape index (κ3) is 4.00. The first-order valence-electron chi connectivity index (χ1n) is 15.2. The number of nitrogens with one attached hydrogen (secondary N) is 1. The molecule has 41 heavy (non-hydrogen) atoms. The van der Waals surface area contributed by atoms with E-state index in [1.165, 1.54) is 11.1 Å². The van der Waals surface area contributed by atoms with Crippen LogP contribution >= 0.6 is 11.6 Å². The van der Waals surface area contributed by atoms with Crippen LogP contribution in [0.5, 0.6) is 5.75 Å². The summed E-state index contributed by atoms with van der Waals surface area (Å²) in [6.45, 7) is 3.73. The highest BCUT2D eigenvalue weighted by molar-refractivity contribution is 7.90. The van der Waals surface area contributed by atoms with Gasteiger partial charge >= 0.3 is 0 Å². The molecule has 6 aliphatic rings. The van der Waals surface area contributed by atoms with E-state index in [-0.39, 0.29) is 29.1 Å². The average Bonchev–Trinajstić information content (AvgIpc) is 3.55. The molecule has 1 amide bonds. The van der Waals surface area contributed by atoms with Crippen molar-refractivity contribution in [2.24, 2.45) is 35.5 Å². The summed E-state index contributed by atoms with van der Waals surface area (Å²) in [4.78, 5) is 15.7. The first-order valence-corrected chi connectivity index (χ1v) is 17.1. The lowest BCUT2D eigenvalue weighted by atomic mass is 9.68. The number of ether oxygens (including phenoxy) is 1. The predicted molar refractivity (Wildman–Crippen MR) is 157 cm³/mol. The Labute approximate surface area is 246 Å². The number of anilines is 1. The van der Waals surface area contributed by atoms with Gasteiger partial charge in [-0.15, -0.1) is 0 Å². The number of carbonyl (C=O) groups excluding carboxylic acids is 1. The number of hydrogen-bond donors (Lipinski definition) is 2. The highest BCUT2D eigenvalue weighted by atomic mass is 35.5. The van der Waals surface area contributed by atoms with Crippen LogP contribution in [-0.2, 0) is 21.9 Å². The van der Waals surface area contributed by atoms with Crippen molar-refractivity contribution < 1.29 is 23.1 Å². The van der Waals surface area contributed by atoms with E-state index >= 15 is 0 Å². The van der Waals surface area contributed by atoms with Crippen molar-refractivity contribution in [3.8, 4) is 5.75 Å². The maximum absolute atomic E-state index is 13.4. The number of nitrogens with zero attached hydrogens (tertiary/aromatic N) is 1. The van der Waals surface area contributed by atoms with Crippen LogP contribution < -0.4 is 14.4 Å². The molecule has 218 valence electrons. The Bertz CT molecular complexity index is 1550. The fourth-order valence-corrected chi connectivity index (χ4v) is 10.7.